The van der Waals surface area contributed by atoms with Crippen LogP contribution in [0.5, 0.6) is 17.2 Å². The van der Waals surface area contributed by atoms with Crippen LogP contribution in [-0.4, -0.2) is 20.8 Å². The van der Waals surface area contributed by atoms with Crippen molar-refractivity contribution < 1.29 is 14.2 Å². The number of rotatable bonds is 6. The lowest BCUT2D eigenvalue weighted by atomic mass is 10.2. The second-order valence-corrected chi connectivity index (χ2v) is 3.87. The van der Waals surface area contributed by atoms with Crippen molar-refractivity contribution in [3.63, 3.8) is 0 Å². The van der Waals surface area contributed by atoms with E-state index in [0.29, 0.717) is 23.9 Å². The van der Waals surface area contributed by atoms with Gasteiger partial charge in [0.25, 0.3) is 0 Å². The molecule has 1 aromatic rings. The Kier molecular flexibility index (Phi) is 5.46. The largest absolute Gasteiger partial charge is 0.493 e. The summed E-state index contributed by atoms with van der Waals surface area (Å²) in [5.41, 5.74) is 1.09. The van der Waals surface area contributed by atoms with Crippen LogP contribution in [0.2, 0.25) is 0 Å². The molecule has 0 heterocycles. The average molecular weight is 289 g/mol. The molecule has 1 aromatic carbocycles. The van der Waals surface area contributed by atoms with Gasteiger partial charge < -0.3 is 14.2 Å². The molecule has 0 fully saturated rings. The molecule has 0 amide bonds. The van der Waals surface area contributed by atoms with Gasteiger partial charge in [0.15, 0.2) is 11.5 Å². The molecule has 4 heteroatoms. The first-order valence-electron chi connectivity index (χ1n) is 5.20. The van der Waals surface area contributed by atoms with Crippen molar-refractivity contribution >= 4 is 15.9 Å². The minimum absolute atomic E-state index is 0.653. The number of methoxy groups -OCH3 is 2. The highest BCUT2D eigenvalue weighted by Crippen LogP contribution is 2.39. The highest BCUT2D eigenvalue weighted by molar-refractivity contribution is 9.08. The molecule has 0 N–H and O–H groups in total. The van der Waals surface area contributed by atoms with E-state index in [-0.39, 0.29) is 0 Å². The Morgan fingerprint density at radius 2 is 1.69 bits per heavy atom. The molecule has 0 atom stereocenters. The van der Waals surface area contributed by atoms with Gasteiger partial charge in [-0.2, -0.15) is 0 Å². The minimum atomic E-state index is 0.653. The molecule has 0 aromatic heterocycles. The first-order chi connectivity index (χ1) is 7.76. The van der Waals surface area contributed by atoms with Crippen molar-refractivity contribution in [2.24, 2.45) is 0 Å². The van der Waals surface area contributed by atoms with E-state index in [4.69, 9.17) is 14.2 Å². The average Bonchev–Trinajstić information content (AvgIpc) is 2.35. The third kappa shape index (κ3) is 3.04. The maximum absolute atomic E-state index is 5.63. The summed E-state index contributed by atoms with van der Waals surface area (Å²) in [5.74, 6) is 2.10. The molecule has 0 unspecified atom stereocenters. The van der Waals surface area contributed by atoms with Gasteiger partial charge in [0.2, 0.25) is 5.75 Å². The van der Waals surface area contributed by atoms with Gasteiger partial charge in [-0.3, -0.25) is 0 Å². The summed E-state index contributed by atoms with van der Waals surface area (Å²) in [6.07, 6.45) is 0.951. The van der Waals surface area contributed by atoms with Crippen molar-refractivity contribution in [3.05, 3.63) is 17.7 Å². The molecule has 0 saturated heterocycles. The van der Waals surface area contributed by atoms with Gasteiger partial charge in [-0.15, -0.1) is 0 Å². The monoisotopic (exact) mass is 288 g/mol. The van der Waals surface area contributed by atoms with Crippen LogP contribution < -0.4 is 14.2 Å². The predicted molar refractivity (Wildman–Crippen MR) is 68.0 cm³/mol. The van der Waals surface area contributed by atoms with E-state index >= 15 is 0 Å². The lowest BCUT2D eigenvalue weighted by Gasteiger charge is -2.15. The number of halogens is 1. The molecule has 0 saturated carbocycles. The van der Waals surface area contributed by atoms with Crippen molar-refractivity contribution in [2.75, 3.05) is 20.8 Å². The van der Waals surface area contributed by atoms with Crippen molar-refractivity contribution in [3.8, 4) is 17.2 Å². The predicted octanol–water partition coefficient (Wildman–Crippen LogP) is 3.39. The molecule has 0 aliphatic carbocycles. The summed E-state index contributed by atoms with van der Waals surface area (Å²) < 4.78 is 16.2. The third-order valence-corrected chi connectivity index (χ3v) is 2.77. The van der Waals surface area contributed by atoms with Crippen molar-refractivity contribution in [2.45, 2.75) is 18.7 Å². The van der Waals surface area contributed by atoms with Gasteiger partial charge in [0.05, 0.1) is 20.8 Å². The van der Waals surface area contributed by atoms with Crippen LogP contribution in [-0.2, 0) is 5.33 Å². The zero-order valence-corrected chi connectivity index (χ0v) is 11.5. The van der Waals surface area contributed by atoms with Gasteiger partial charge >= 0.3 is 0 Å². The fourth-order valence-corrected chi connectivity index (χ4v) is 1.68. The van der Waals surface area contributed by atoms with Gasteiger partial charge in [0.1, 0.15) is 0 Å². The van der Waals surface area contributed by atoms with Gasteiger partial charge in [-0.25, -0.2) is 0 Å². The number of benzene rings is 1. The topological polar surface area (TPSA) is 27.7 Å². The Morgan fingerprint density at radius 1 is 1.12 bits per heavy atom. The van der Waals surface area contributed by atoms with Gasteiger partial charge in [0, 0.05) is 5.33 Å². The molecule has 0 aliphatic heterocycles. The van der Waals surface area contributed by atoms with Crippen LogP contribution in [0.1, 0.15) is 18.9 Å². The molecule has 90 valence electrons. The van der Waals surface area contributed by atoms with E-state index in [2.05, 4.69) is 22.9 Å². The summed E-state index contributed by atoms with van der Waals surface area (Å²) in [5, 5.41) is 0.758. The fraction of sp³-hybridized carbons (Fsp3) is 0.500. The first-order valence-corrected chi connectivity index (χ1v) is 6.32. The molecule has 1 rings (SSSR count). The highest BCUT2D eigenvalue weighted by Gasteiger charge is 2.13. The number of ether oxygens (including phenoxy) is 3. The van der Waals surface area contributed by atoms with Crippen LogP contribution in [0.25, 0.3) is 0 Å². The van der Waals surface area contributed by atoms with Crippen LogP contribution in [0.3, 0.4) is 0 Å². The van der Waals surface area contributed by atoms with E-state index in [1.807, 2.05) is 12.1 Å². The molecule has 0 spiro atoms. The maximum atomic E-state index is 5.63. The Hall–Kier alpha value is -0.900. The van der Waals surface area contributed by atoms with E-state index in [0.717, 1.165) is 17.3 Å². The Balaban J connectivity index is 3.09. The van der Waals surface area contributed by atoms with E-state index in [9.17, 15) is 0 Å². The number of hydrogen-bond donors (Lipinski definition) is 0. The molecule has 16 heavy (non-hydrogen) atoms. The highest BCUT2D eigenvalue weighted by atomic mass is 79.9. The number of alkyl halides is 1. The molecule has 0 bridgehead atoms. The Bertz CT molecular complexity index is 314. The molecule has 0 aliphatic rings. The molecule has 0 radical (unpaired) electrons. The second-order valence-electron chi connectivity index (χ2n) is 3.31. The fourth-order valence-electron chi connectivity index (χ4n) is 1.36. The normalized spacial score (nSPS) is 10.0. The summed E-state index contributed by atoms with van der Waals surface area (Å²) in [7, 11) is 3.26. The SMILES string of the molecule is CCCOc1c(OC)cc(CBr)cc1OC. The van der Waals surface area contributed by atoms with E-state index < -0.39 is 0 Å². The zero-order chi connectivity index (χ0) is 12.0. The van der Waals surface area contributed by atoms with Crippen LogP contribution in [0, 0.1) is 0 Å². The van der Waals surface area contributed by atoms with Crippen molar-refractivity contribution in [1.29, 1.82) is 0 Å². The summed E-state index contributed by atoms with van der Waals surface area (Å²) in [6.45, 7) is 2.71. The standard InChI is InChI=1S/C12H17BrO3/c1-4-5-16-12-10(14-2)6-9(8-13)7-11(12)15-3/h6-7H,4-5,8H2,1-3H3. The van der Waals surface area contributed by atoms with Gasteiger partial charge in [-0.05, 0) is 24.1 Å². The second kappa shape index (κ2) is 6.63. The van der Waals surface area contributed by atoms with E-state index in [1.165, 1.54) is 0 Å². The minimum Gasteiger partial charge on any atom is -0.493 e. The summed E-state index contributed by atoms with van der Waals surface area (Å²) in [4.78, 5) is 0. The molecule has 3 nitrogen and oxygen atoms in total. The summed E-state index contributed by atoms with van der Waals surface area (Å²) in [6, 6.07) is 3.89. The Labute approximate surface area is 105 Å². The van der Waals surface area contributed by atoms with Crippen LogP contribution >= 0.6 is 15.9 Å². The van der Waals surface area contributed by atoms with Crippen LogP contribution in [0.15, 0.2) is 12.1 Å². The van der Waals surface area contributed by atoms with Gasteiger partial charge in [-0.1, -0.05) is 22.9 Å². The van der Waals surface area contributed by atoms with Crippen molar-refractivity contribution in [1.82, 2.24) is 0 Å². The van der Waals surface area contributed by atoms with Crippen LogP contribution in [0.4, 0.5) is 0 Å². The first kappa shape index (κ1) is 13.2. The van der Waals surface area contributed by atoms with E-state index in [1.54, 1.807) is 14.2 Å². The quantitative estimate of drug-likeness (QED) is 0.751. The Morgan fingerprint density at radius 3 is 2.06 bits per heavy atom. The zero-order valence-electron chi connectivity index (χ0n) is 9.88. The number of hydrogen-bond acceptors (Lipinski definition) is 3. The maximum Gasteiger partial charge on any atom is 0.203 e. The lowest BCUT2D eigenvalue weighted by molar-refractivity contribution is 0.274. The summed E-state index contributed by atoms with van der Waals surface area (Å²) >= 11 is 3.41. The smallest absolute Gasteiger partial charge is 0.203 e. The lowest BCUT2D eigenvalue weighted by Crippen LogP contribution is -2.01. The third-order valence-electron chi connectivity index (χ3n) is 2.13. The molecular formula is C12H17BrO3. The molecular weight excluding hydrogens is 272 g/mol.